The minimum atomic E-state index is -0.318. The first-order chi connectivity index (χ1) is 11.3. The number of imidazole rings is 1. The molecular weight excluding hydrogens is 308 g/mol. The van der Waals surface area contributed by atoms with Crippen molar-refractivity contribution in [3.05, 3.63) is 39.1 Å². The van der Waals surface area contributed by atoms with Gasteiger partial charge in [0.1, 0.15) is 6.04 Å². The number of nitrogens with one attached hydrogen (secondary N) is 3. The number of aromatic amines is 1. The van der Waals surface area contributed by atoms with Crippen molar-refractivity contribution in [2.45, 2.75) is 44.6 Å². The maximum Gasteiger partial charge on any atom is 0.243 e. The van der Waals surface area contributed by atoms with Crippen molar-refractivity contribution >= 4 is 17.2 Å². The molecule has 2 aromatic heterocycles. The van der Waals surface area contributed by atoms with Crippen molar-refractivity contribution < 1.29 is 4.79 Å². The van der Waals surface area contributed by atoms with Gasteiger partial charge in [-0.25, -0.2) is 4.98 Å². The highest BCUT2D eigenvalue weighted by molar-refractivity contribution is 7.10. The predicted octanol–water partition coefficient (Wildman–Crippen LogP) is 1.90. The fourth-order valence-corrected chi connectivity index (χ4v) is 4.81. The molecule has 0 bridgehead atoms. The van der Waals surface area contributed by atoms with E-state index >= 15 is 0 Å². The number of hydrogen-bond donors (Lipinski definition) is 3. The minimum absolute atomic E-state index is 0.0298. The third-order valence-corrected chi connectivity index (χ3v) is 5.99. The van der Waals surface area contributed by atoms with E-state index in [4.69, 9.17) is 0 Å². The molecule has 1 atom stereocenters. The Hall–Kier alpha value is -1.66. The van der Waals surface area contributed by atoms with Gasteiger partial charge in [0.15, 0.2) is 0 Å². The Labute approximate surface area is 139 Å². The fraction of sp³-hybridized carbons (Fsp3) is 0.529. The third kappa shape index (κ3) is 2.93. The van der Waals surface area contributed by atoms with Crippen LogP contribution in [0.5, 0.6) is 0 Å². The van der Waals surface area contributed by atoms with Gasteiger partial charge in [0, 0.05) is 30.1 Å². The summed E-state index contributed by atoms with van der Waals surface area (Å²) >= 11 is 1.89. The van der Waals surface area contributed by atoms with Crippen LogP contribution in [0.3, 0.4) is 0 Å². The lowest BCUT2D eigenvalue weighted by Crippen LogP contribution is -2.42. The van der Waals surface area contributed by atoms with Crippen molar-refractivity contribution in [2.75, 3.05) is 13.1 Å². The molecule has 1 amide bonds. The summed E-state index contributed by atoms with van der Waals surface area (Å²) in [6.45, 7) is 1.51. The molecule has 0 spiro atoms. The molecule has 0 radical (unpaired) electrons. The first-order valence-electron chi connectivity index (χ1n) is 8.44. The van der Waals surface area contributed by atoms with Gasteiger partial charge in [-0.2, -0.15) is 0 Å². The van der Waals surface area contributed by atoms with Crippen molar-refractivity contribution in [3.63, 3.8) is 0 Å². The van der Waals surface area contributed by atoms with Gasteiger partial charge in [-0.3, -0.25) is 4.79 Å². The number of aromatic nitrogens is 2. The van der Waals surface area contributed by atoms with Crippen molar-refractivity contribution in [1.82, 2.24) is 20.6 Å². The quantitative estimate of drug-likeness (QED) is 0.802. The number of carbonyl (C=O) groups is 1. The number of aryl methyl sites for hydroxylation is 1. The molecule has 3 N–H and O–H groups in total. The third-order valence-electron chi connectivity index (χ3n) is 4.85. The van der Waals surface area contributed by atoms with Crippen LogP contribution in [0.2, 0.25) is 0 Å². The van der Waals surface area contributed by atoms with Gasteiger partial charge in [-0.05, 0) is 48.6 Å². The first kappa shape index (κ1) is 14.9. The van der Waals surface area contributed by atoms with Crippen molar-refractivity contribution in [3.8, 4) is 0 Å². The number of amides is 1. The van der Waals surface area contributed by atoms with E-state index in [1.807, 2.05) is 11.3 Å². The summed E-state index contributed by atoms with van der Waals surface area (Å²) in [4.78, 5) is 21.4. The molecule has 122 valence electrons. The highest BCUT2D eigenvalue weighted by Gasteiger charge is 2.28. The number of hydrogen-bond acceptors (Lipinski definition) is 4. The van der Waals surface area contributed by atoms with Gasteiger partial charge in [0.25, 0.3) is 0 Å². The van der Waals surface area contributed by atoms with E-state index in [1.165, 1.54) is 31.2 Å². The minimum Gasteiger partial charge on any atom is -0.354 e. The van der Waals surface area contributed by atoms with Crippen LogP contribution in [0.25, 0.3) is 0 Å². The van der Waals surface area contributed by atoms with Gasteiger partial charge in [0.2, 0.25) is 5.91 Å². The Morgan fingerprint density at radius 1 is 1.35 bits per heavy atom. The summed E-state index contributed by atoms with van der Waals surface area (Å²) in [6, 6.07) is -0.318. The lowest BCUT2D eigenvalue weighted by molar-refractivity contribution is -0.123. The zero-order valence-electron chi connectivity index (χ0n) is 13.2. The van der Waals surface area contributed by atoms with Gasteiger partial charge < -0.3 is 15.6 Å². The van der Waals surface area contributed by atoms with Crippen molar-refractivity contribution in [2.24, 2.45) is 0 Å². The van der Waals surface area contributed by atoms with Crippen LogP contribution in [-0.2, 0) is 30.5 Å². The van der Waals surface area contributed by atoms with E-state index in [9.17, 15) is 4.79 Å². The zero-order chi connectivity index (χ0) is 15.6. The molecule has 2 aliphatic rings. The SMILES string of the molecule is O=C(NCCc1csc2c1CCCC2)C1NCCc2[nH]cnc21. The maximum absolute atomic E-state index is 12.5. The van der Waals surface area contributed by atoms with E-state index in [0.29, 0.717) is 6.54 Å². The van der Waals surface area contributed by atoms with Gasteiger partial charge in [-0.1, -0.05) is 0 Å². The Kier molecular flexibility index (Phi) is 4.18. The molecule has 1 unspecified atom stereocenters. The monoisotopic (exact) mass is 330 g/mol. The highest BCUT2D eigenvalue weighted by Crippen LogP contribution is 2.30. The number of thiophene rings is 1. The Bertz CT molecular complexity index is 705. The lowest BCUT2D eigenvalue weighted by Gasteiger charge is -2.22. The highest BCUT2D eigenvalue weighted by atomic mass is 32.1. The first-order valence-corrected chi connectivity index (χ1v) is 9.32. The summed E-state index contributed by atoms with van der Waals surface area (Å²) in [7, 11) is 0. The van der Waals surface area contributed by atoms with Crippen LogP contribution in [0.4, 0.5) is 0 Å². The van der Waals surface area contributed by atoms with Crippen molar-refractivity contribution in [1.29, 1.82) is 0 Å². The number of fused-ring (bicyclic) bond motifs is 2. The lowest BCUT2D eigenvalue weighted by atomic mass is 9.95. The summed E-state index contributed by atoms with van der Waals surface area (Å²) < 4.78 is 0. The van der Waals surface area contributed by atoms with E-state index in [0.717, 1.165) is 30.8 Å². The second-order valence-electron chi connectivity index (χ2n) is 6.31. The number of rotatable bonds is 4. The second-order valence-corrected chi connectivity index (χ2v) is 7.28. The number of carbonyl (C=O) groups excluding carboxylic acids is 1. The van der Waals surface area contributed by atoms with Gasteiger partial charge in [0.05, 0.1) is 12.0 Å². The molecule has 6 heteroatoms. The van der Waals surface area contributed by atoms with Crippen LogP contribution >= 0.6 is 11.3 Å². The molecular formula is C17H22N4OS. The average molecular weight is 330 g/mol. The second kappa shape index (κ2) is 6.45. The maximum atomic E-state index is 12.5. The molecule has 0 aromatic carbocycles. The summed E-state index contributed by atoms with van der Waals surface area (Å²) in [6.07, 6.45) is 8.58. The van der Waals surface area contributed by atoms with Crippen LogP contribution in [0.15, 0.2) is 11.7 Å². The molecule has 4 rings (SSSR count). The average Bonchev–Trinajstić information content (AvgIpc) is 3.21. The van der Waals surface area contributed by atoms with Crippen LogP contribution in [0, 0.1) is 0 Å². The Balaban J connectivity index is 1.35. The summed E-state index contributed by atoms with van der Waals surface area (Å²) in [5.41, 5.74) is 4.92. The van der Waals surface area contributed by atoms with Crippen LogP contribution < -0.4 is 10.6 Å². The van der Waals surface area contributed by atoms with Crippen LogP contribution in [-0.4, -0.2) is 29.0 Å². The van der Waals surface area contributed by atoms with Gasteiger partial charge in [-0.15, -0.1) is 11.3 Å². The standard InChI is InChI=1S/C17H22N4OS/c22-17(16-15-13(6-8-18-16)20-10-21-15)19-7-5-11-9-23-14-4-2-1-3-12(11)14/h9-10,16,18H,1-8H2,(H,19,22)(H,20,21). The van der Waals surface area contributed by atoms with E-state index < -0.39 is 0 Å². The molecule has 0 saturated carbocycles. The molecule has 23 heavy (non-hydrogen) atoms. The fourth-order valence-electron chi connectivity index (χ4n) is 3.63. The summed E-state index contributed by atoms with van der Waals surface area (Å²) in [5.74, 6) is 0.0298. The Morgan fingerprint density at radius 2 is 2.26 bits per heavy atom. The normalized spacial score (nSPS) is 19.9. The molecule has 2 aromatic rings. The largest absolute Gasteiger partial charge is 0.354 e. The Morgan fingerprint density at radius 3 is 3.22 bits per heavy atom. The molecule has 3 heterocycles. The van der Waals surface area contributed by atoms with E-state index in [-0.39, 0.29) is 11.9 Å². The molecule has 1 aliphatic carbocycles. The van der Waals surface area contributed by atoms with E-state index in [1.54, 1.807) is 16.8 Å². The van der Waals surface area contributed by atoms with E-state index in [2.05, 4.69) is 26.0 Å². The molecule has 0 fully saturated rings. The van der Waals surface area contributed by atoms with Crippen LogP contribution in [0.1, 0.15) is 46.3 Å². The zero-order valence-corrected chi connectivity index (χ0v) is 14.0. The summed E-state index contributed by atoms with van der Waals surface area (Å²) in [5, 5.41) is 8.62. The molecule has 0 saturated heterocycles. The number of nitrogens with zero attached hydrogens (tertiary/aromatic N) is 1. The van der Waals surface area contributed by atoms with Gasteiger partial charge >= 0.3 is 0 Å². The predicted molar refractivity (Wildman–Crippen MR) is 90.7 cm³/mol. The molecule has 1 aliphatic heterocycles. The molecule has 5 nitrogen and oxygen atoms in total. The number of H-pyrrole nitrogens is 1. The smallest absolute Gasteiger partial charge is 0.243 e. The topological polar surface area (TPSA) is 69.8 Å².